The molecule has 0 N–H and O–H groups in total. The molecule has 136 valence electrons. The second kappa shape index (κ2) is 7.25. The minimum atomic E-state index is -0.112. The summed E-state index contributed by atoms with van der Waals surface area (Å²) in [5, 5.41) is 8.53. The smallest absolute Gasteiger partial charge is 0.280 e. The SMILES string of the molecule is CN(C)CCc1nnc2n(c1=O)-c1ccccc1C(c1ccccc1)=NC2. The normalized spacial score (nSPS) is 12.9. The Hall–Kier alpha value is -3.12. The summed E-state index contributed by atoms with van der Waals surface area (Å²) >= 11 is 0. The average molecular weight is 359 g/mol. The Balaban J connectivity index is 1.88. The van der Waals surface area contributed by atoms with E-state index in [1.54, 1.807) is 4.57 Å². The topological polar surface area (TPSA) is 63.4 Å². The van der Waals surface area contributed by atoms with E-state index in [2.05, 4.69) is 10.2 Å². The van der Waals surface area contributed by atoms with Gasteiger partial charge in [0.05, 0.1) is 11.4 Å². The number of benzene rings is 2. The number of hydrogen-bond donors (Lipinski definition) is 0. The zero-order valence-corrected chi connectivity index (χ0v) is 15.5. The van der Waals surface area contributed by atoms with Crippen LogP contribution < -0.4 is 5.56 Å². The zero-order chi connectivity index (χ0) is 18.8. The molecule has 0 aliphatic carbocycles. The van der Waals surface area contributed by atoms with Crippen molar-refractivity contribution in [2.75, 3.05) is 20.6 Å². The molecule has 2 heterocycles. The van der Waals surface area contributed by atoms with E-state index in [9.17, 15) is 4.79 Å². The molecule has 0 unspecified atom stereocenters. The lowest BCUT2D eigenvalue weighted by Crippen LogP contribution is -2.30. The number of aliphatic imine (C=N–C) groups is 1. The Kier molecular flexibility index (Phi) is 4.64. The zero-order valence-electron chi connectivity index (χ0n) is 15.5. The van der Waals surface area contributed by atoms with Gasteiger partial charge >= 0.3 is 0 Å². The Labute approximate surface area is 157 Å². The molecule has 4 rings (SSSR count). The lowest BCUT2D eigenvalue weighted by atomic mass is 10.0. The molecule has 27 heavy (non-hydrogen) atoms. The fraction of sp³-hybridized carbons (Fsp3) is 0.238. The first-order valence-electron chi connectivity index (χ1n) is 8.97. The molecule has 6 nitrogen and oxygen atoms in total. The molecule has 0 radical (unpaired) electrons. The maximum Gasteiger partial charge on any atom is 0.280 e. The van der Waals surface area contributed by atoms with Crippen molar-refractivity contribution >= 4 is 5.71 Å². The Morgan fingerprint density at radius 3 is 2.52 bits per heavy atom. The van der Waals surface area contributed by atoms with Crippen LogP contribution in [0.15, 0.2) is 64.4 Å². The van der Waals surface area contributed by atoms with Gasteiger partial charge in [0.2, 0.25) is 0 Å². The maximum atomic E-state index is 13.2. The van der Waals surface area contributed by atoms with Gasteiger partial charge in [-0.05, 0) is 20.2 Å². The van der Waals surface area contributed by atoms with Crippen LogP contribution in [0.2, 0.25) is 0 Å². The van der Waals surface area contributed by atoms with Gasteiger partial charge in [0.1, 0.15) is 12.2 Å². The van der Waals surface area contributed by atoms with E-state index in [1.165, 1.54) is 0 Å². The molecule has 0 fully saturated rings. The third kappa shape index (κ3) is 3.31. The highest BCUT2D eigenvalue weighted by atomic mass is 16.1. The molecular formula is C21H21N5O. The number of fused-ring (bicyclic) bond motifs is 3. The number of nitrogens with zero attached hydrogens (tertiary/aromatic N) is 5. The third-order valence-electron chi connectivity index (χ3n) is 4.62. The van der Waals surface area contributed by atoms with Crippen molar-refractivity contribution in [1.29, 1.82) is 0 Å². The fourth-order valence-electron chi connectivity index (χ4n) is 3.24. The monoisotopic (exact) mass is 359 g/mol. The van der Waals surface area contributed by atoms with Gasteiger partial charge in [-0.25, -0.2) is 0 Å². The van der Waals surface area contributed by atoms with E-state index < -0.39 is 0 Å². The van der Waals surface area contributed by atoms with Crippen molar-refractivity contribution in [3.8, 4) is 5.69 Å². The predicted octanol–water partition coefficient (Wildman–Crippen LogP) is 2.08. The van der Waals surface area contributed by atoms with Crippen LogP contribution in [0.1, 0.15) is 22.6 Å². The summed E-state index contributed by atoms with van der Waals surface area (Å²) in [6.07, 6.45) is 0.563. The van der Waals surface area contributed by atoms with Crippen LogP contribution in [0, 0.1) is 0 Å². The molecular weight excluding hydrogens is 338 g/mol. The van der Waals surface area contributed by atoms with Crippen LogP contribution in [0.25, 0.3) is 5.69 Å². The van der Waals surface area contributed by atoms with Crippen LogP contribution in [0.5, 0.6) is 0 Å². The van der Waals surface area contributed by atoms with Crippen LogP contribution >= 0.6 is 0 Å². The highest BCUT2D eigenvalue weighted by Gasteiger charge is 2.22. The Bertz CT molecular complexity index is 1050. The van der Waals surface area contributed by atoms with Gasteiger partial charge in [0.25, 0.3) is 5.56 Å². The van der Waals surface area contributed by atoms with Crippen molar-refractivity contribution in [2.45, 2.75) is 13.0 Å². The van der Waals surface area contributed by atoms with E-state index in [0.29, 0.717) is 24.5 Å². The first kappa shape index (κ1) is 17.3. The van der Waals surface area contributed by atoms with Gasteiger partial charge in [-0.2, -0.15) is 0 Å². The predicted molar refractivity (Wildman–Crippen MR) is 106 cm³/mol. The summed E-state index contributed by atoms with van der Waals surface area (Å²) < 4.78 is 1.67. The second-order valence-electron chi connectivity index (χ2n) is 6.80. The summed E-state index contributed by atoms with van der Waals surface area (Å²) in [6.45, 7) is 1.06. The lowest BCUT2D eigenvalue weighted by Gasteiger charge is -2.14. The van der Waals surface area contributed by atoms with Gasteiger partial charge in [-0.1, -0.05) is 48.5 Å². The number of para-hydroxylation sites is 1. The first-order valence-corrected chi connectivity index (χ1v) is 8.97. The molecule has 3 aromatic rings. The van der Waals surface area contributed by atoms with Crippen LogP contribution in [-0.4, -0.2) is 46.0 Å². The molecule has 6 heteroatoms. The van der Waals surface area contributed by atoms with Gasteiger partial charge in [0, 0.05) is 24.1 Å². The van der Waals surface area contributed by atoms with Crippen molar-refractivity contribution in [3.63, 3.8) is 0 Å². The Morgan fingerprint density at radius 2 is 1.74 bits per heavy atom. The van der Waals surface area contributed by atoms with Gasteiger partial charge in [0.15, 0.2) is 5.82 Å². The molecule has 2 aromatic carbocycles. The molecule has 0 amide bonds. The standard InChI is InChI=1S/C21H21N5O/c1-25(2)13-12-17-21(27)26-18-11-7-6-10-16(18)20(15-8-4-3-5-9-15)22-14-19(26)24-23-17/h3-11H,12-14H2,1-2H3. The van der Waals surface area contributed by atoms with Crippen LogP contribution in [-0.2, 0) is 13.0 Å². The number of rotatable bonds is 4. The van der Waals surface area contributed by atoms with E-state index in [1.807, 2.05) is 73.6 Å². The van der Waals surface area contributed by atoms with E-state index in [4.69, 9.17) is 4.99 Å². The van der Waals surface area contributed by atoms with E-state index in [-0.39, 0.29) is 5.56 Å². The van der Waals surface area contributed by atoms with Gasteiger partial charge < -0.3 is 4.90 Å². The molecule has 1 aliphatic rings. The van der Waals surface area contributed by atoms with E-state index in [0.717, 1.165) is 29.1 Å². The summed E-state index contributed by atoms with van der Waals surface area (Å²) in [7, 11) is 3.95. The highest BCUT2D eigenvalue weighted by Crippen LogP contribution is 2.22. The number of aromatic nitrogens is 3. The fourth-order valence-corrected chi connectivity index (χ4v) is 3.24. The number of hydrogen-bond acceptors (Lipinski definition) is 5. The molecule has 1 aliphatic heterocycles. The van der Waals surface area contributed by atoms with Crippen molar-refractivity contribution in [1.82, 2.24) is 19.7 Å². The molecule has 0 spiro atoms. The summed E-state index contributed by atoms with van der Waals surface area (Å²) in [5.41, 5.74) is 3.98. The quantitative estimate of drug-likeness (QED) is 0.715. The van der Waals surface area contributed by atoms with Crippen molar-refractivity contribution < 1.29 is 0 Å². The average Bonchev–Trinajstić information content (AvgIpc) is 2.85. The summed E-state index contributed by atoms with van der Waals surface area (Å²) in [6, 6.07) is 17.9. The number of likely N-dealkylation sites (N-methyl/N-ethyl adjacent to an activating group) is 1. The van der Waals surface area contributed by atoms with Crippen molar-refractivity contribution in [3.05, 3.63) is 87.6 Å². The third-order valence-corrected chi connectivity index (χ3v) is 4.62. The summed E-state index contributed by atoms with van der Waals surface area (Å²) in [5.74, 6) is 0.562. The van der Waals surface area contributed by atoms with Crippen molar-refractivity contribution in [2.24, 2.45) is 4.99 Å². The molecule has 0 bridgehead atoms. The largest absolute Gasteiger partial charge is 0.309 e. The van der Waals surface area contributed by atoms with Gasteiger partial charge in [-0.3, -0.25) is 14.4 Å². The molecule has 1 aromatic heterocycles. The minimum absolute atomic E-state index is 0.112. The lowest BCUT2D eigenvalue weighted by molar-refractivity contribution is 0.409. The molecule has 0 saturated heterocycles. The highest BCUT2D eigenvalue weighted by molar-refractivity contribution is 6.15. The van der Waals surface area contributed by atoms with Gasteiger partial charge in [-0.15, -0.1) is 10.2 Å². The van der Waals surface area contributed by atoms with E-state index >= 15 is 0 Å². The maximum absolute atomic E-state index is 13.2. The van der Waals surface area contributed by atoms with Crippen LogP contribution in [0.3, 0.4) is 0 Å². The molecule has 0 atom stereocenters. The molecule has 0 saturated carbocycles. The first-order chi connectivity index (χ1) is 13.1. The Morgan fingerprint density at radius 1 is 1.00 bits per heavy atom. The second-order valence-corrected chi connectivity index (χ2v) is 6.80. The minimum Gasteiger partial charge on any atom is -0.309 e. The van der Waals surface area contributed by atoms with Crippen LogP contribution in [0.4, 0.5) is 0 Å². The summed E-state index contributed by atoms with van der Waals surface area (Å²) in [4.78, 5) is 20.0.